The number of hydrogen-bond acceptors (Lipinski definition) is 3. The van der Waals surface area contributed by atoms with Crippen LogP contribution in [0.4, 0.5) is 5.82 Å². The number of anilines is 1. The van der Waals surface area contributed by atoms with Crippen LogP contribution in [0.1, 0.15) is 38.7 Å². The van der Waals surface area contributed by atoms with Gasteiger partial charge in [0.25, 0.3) is 0 Å². The van der Waals surface area contributed by atoms with Crippen LogP contribution in [0, 0.1) is 12.3 Å². The second kappa shape index (κ2) is 3.97. The molecule has 1 N–H and O–H groups in total. The quantitative estimate of drug-likeness (QED) is 0.883. The molecule has 96 valence electrons. The first kappa shape index (κ1) is 11.5. The zero-order chi connectivity index (χ0) is 12.8. The van der Waals surface area contributed by atoms with Crippen molar-refractivity contribution in [3.8, 4) is 0 Å². The lowest BCUT2D eigenvalue weighted by molar-refractivity contribution is 0.378. The number of aromatic nitrogens is 3. The minimum Gasteiger partial charge on any atom is -0.367 e. The first-order valence-corrected chi connectivity index (χ1v) is 6.60. The first-order valence-electron chi connectivity index (χ1n) is 6.60. The standard InChI is InChI=1S/C14H20N4/c1-10-6-12-15-9-16-18(12)13(7-10)17-11-4-5-14(2,3)8-11/h6-7,9,11,17H,4-5,8H2,1-3H3. The minimum atomic E-state index is 0.461. The Balaban J connectivity index is 1.88. The molecule has 4 nitrogen and oxygen atoms in total. The number of aryl methyl sites for hydroxylation is 1. The summed E-state index contributed by atoms with van der Waals surface area (Å²) in [4.78, 5) is 4.26. The number of fused-ring (bicyclic) bond motifs is 1. The Bertz CT molecular complexity index is 570. The molecule has 0 spiro atoms. The predicted molar refractivity (Wildman–Crippen MR) is 72.8 cm³/mol. The molecule has 1 aliphatic carbocycles. The van der Waals surface area contributed by atoms with Crippen LogP contribution in [0.3, 0.4) is 0 Å². The fourth-order valence-corrected chi connectivity index (χ4v) is 2.93. The topological polar surface area (TPSA) is 42.2 Å². The average molecular weight is 244 g/mol. The predicted octanol–water partition coefficient (Wildman–Crippen LogP) is 3.03. The van der Waals surface area contributed by atoms with Crippen molar-refractivity contribution in [3.63, 3.8) is 0 Å². The van der Waals surface area contributed by atoms with Crippen molar-refractivity contribution < 1.29 is 0 Å². The van der Waals surface area contributed by atoms with Gasteiger partial charge in [0.2, 0.25) is 0 Å². The molecule has 4 heteroatoms. The van der Waals surface area contributed by atoms with Gasteiger partial charge in [0.05, 0.1) is 0 Å². The molecule has 3 rings (SSSR count). The summed E-state index contributed by atoms with van der Waals surface area (Å²) in [6.45, 7) is 6.78. The van der Waals surface area contributed by atoms with E-state index in [-0.39, 0.29) is 0 Å². The summed E-state index contributed by atoms with van der Waals surface area (Å²) in [5, 5.41) is 7.91. The maximum atomic E-state index is 4.28. The van der Waals surface area contributed by atoms with E-state index in [9.17, 15) is 0 Å². The molecule has 2 heterocycles. The van der Waals surface area contributed by atoms with Crippen LogP contribution < -0.4 is 5.32 Å². The SMILES string of the molecule is Cc1cc(NC2CCC(C)(C)C2)n2ncnc2c1. The number of pyridine rings is 1. The Hall–Kier alpha value is -1.58. The summed E-state index contributed by atoms with van der Waals surface area (Å²) in [6.07, 6.45) is 5.35. The first-order chi connectivity index (χ1) is 8.53. The third-order valence-corrected chi connectivity index (χ3v) is 3.84. The molecule has 1 atom stereocenters. The number of hydrogen-bond donors (Lipinski definition) is 1. The third-order valence-electron chi connectivity index (χ3n) is 3.84. The lowest BCUT2D eigenvalue weighted by Gasteiger charge is -2.19. The van der Waals surface area contributed by atoms with Gasteiger partial charge in [-0.05, 0) is 49.3 Å². The molecule has 0 aliphatic heterocycles. The van der Waals surface area contributed by atoms with Crippen LogP contribution in [-0.2, 0) is 0 Å². The van der Waals surface area contributed by atoms with Gasteiger partial charge in [0, 0.05) is 6.04 Å². The number of nitrogens with zero attached hydrogens (tertiary/aromatic N) is 3. The van der Waals surface area contributed by atoms with Gasteiger partial charge in [-0.15, -0.1) is 0 Å². The third kappa shape index (κ3) is 2.07. The van der Waals surface area contributed by atoms with E-state index in [1.807, 2.05) is 4.52 Å². The van der Waals surface area contributed by atoms with Crippen LogP contribution in [0.15, 0.2) is 18.5 Å². The summed E-state index contributed by atoms with van der Waals surface area (Å²) in [5.41, 5.74) is 2.59. The Morgan fingerprint density at radius 3 is 2.94 bits per heavy atom. The van der Waals surface area contributed by atoms with Gasteiger partial charge in [0.15, 0.2) is 5.65 Å². The molecule has 2 aromatic heterocycles. The summed E-state index contributed by atoms with van der Waals surface area (Å²) in [6, 6.07) is 4.75. The van der Waals surface area contributed by atoms with Crippen molar-refractivity contribution in [1.82, 2.24) is 14.6 Å². The minimum absolute atomic E-state index is 0.461. The Morgan fingerprint density at radius 1 is 1.39 bits per heavy atom. The summed E-state index contributed by atoms with van der Waals surface area (Å²) in [7, 11) is 0. The molecule has 1 unspecified atom stereocenters. The van der Waals surface area contributed by atoms with Crippen molar-refractivity contribution >= 4 is 11.5 Å². The molecule has 0 aromatic carbocycles. The van der Waals surface area contributed by atoms with E-state index in [1.165, 1.54) is 24.8 Å². The van der Waals surface area contributed by atoms with E-state index in [1.54, 1.807) is 6.33 Å². The van der Waals surface area contributed by atoms with Crippen molar-refractivity contribution in [3.05, 3.63) is 24.0 Å². The van der Waals surface area contributed by atoms with Crippen molar-refractivity contribution in [1.29, 1.82) is 0 Å². The summed E-state index contributed by atoms with van der Waals surface area (Å²) >= 11 is 0. The largest absolute Gasteiger partial charge is 0.367 e. The lowest BCUT2D eigenvalue weighted by Crippen LogP contribution is -2.19. The highest BCUT2D eigenvalue weighted by atomic mass is 15.3. The molecule has 0 radical (unpaired) electrons. The fraction of sp³-hybridized carbons (Fsp3) is 0.571. The molecule has 1 saturated carbocycles. The molecule has 1 aliphatic rings. The second-order valence-electron chi connectivity index (χ2n) is 6.20. The normalized spacial score (nSPS) is 22.5. The van der Waals surface area contributed by atoms with E-state index in [0.29, 0.717) is 11.5 Å². The van der Waals surface area contributed by atoms with Crippen molar-refractivity contribution in [2.75, 3.05) is 5.32 Å². The van der Waals surface area contributed by atoms with E-state index < -0.39 is 0 Å². The summed E-state index contributed by atoms with van der Waals surface area (Å²) in [5.74, 6) is 1.06. The monoisotopic (exact) mass is 244 g/mol. The molecule has 1 fully saturated rings. The zero-order valence-corrected chi connectivity index (χ0v) is 11.3. The van der Waals surface area contributed by atoms with Crippen LogP contribution in [-0.4, -0.2) is 20.6 Å². The molecule has 0 saturated heterocycles. The highest BCUT2D eigenvalue weighted by Gasteiger charge is 2.31. The fourth-order valence-electron chi connectivity index (χ4n) is 2.93. The van der Waals surface area contributed by atoms with Gasteiger partial charge < -0.3 is 5.32 Å². The van der Waals surface area contributed by atoms with Gasteiger partial charge >= 0.3 is 0 Å². The Kier molecular flexibility index (Phi) is 2.54. The Morgan fingerprint density at radius 2 is 2.22 bits per heavy atom. The highest BCUT2D eigenvalue weighted by Crippen LogP contribution is 2.38. The number of nitrogens with one attached hydrogen (secondary N) is 1. The maximum Gasteiger partial charge on any atom is 0.157 e. The number of rotatable bonds is 2. The second-order valence-corrected chi connectivity index (χ2v) is 6.20. The van der Waals surface area contributed by atoms with Crippen LogP contribution in [0.25, 0.3) is 5.65 Å². The van der Waals surface area contributed by atoms with Gasteiger partial charge in [-0.25, -0.2) is 4.98 Å². The van der Waals surface area contributed by atoms with E-state index in [2.05, 4.69) is 48.3 Å². The van der Waals surface area contributed by atoms with Crippen LogP contribution in [0.5, 0.6) is 0 Å². The van der Waals surface area contributed by atoms with E-state index in [4.69, 9.17) is 0 Å². The van der Waals surface area contributed by atoms with Gasteiger partial charge in [-0.3, -0.25) is 0 Å². The maximum absolute atomic E-state index is 4.28. The lowest BCUT2D eigenvalue weighted by atomic mass is 9.92. The molecular weight excluding hydrogens is 224 g/mol. The molecular formula is C14H20N4. The van der Waals surface area contributed by atoms with Gasteiger partial charge in [-0.1, -0.05) is 13.8 Å². The molecule has 18 heavy (non-hydrogen) atoms. The van der Waals surface area contributed by atoms with E-state index >= 15 is 0 Å². The van der Waals surface area contributed by atoms with Crippen LogP contribution in [0.2, 0.25) is 0 Å². The van der Waals surface area contributed by atoms with E-state index in [0.717, 1.165) is 11.5 Å². The van der Waals surface area contributed by atoms with Gasteiger partial charge in [-0.2, -0.15) is 9.61 Å². The van der Waals surface area contributed by atoms with Crippen molar-refractivity contribution in [2.45, 2.75) is 46.1 Å². The van der Waals surface area contributed by atoms with Crippen LogP contribution >= 0.6 is 0 Å². The molecule has 2 aromatic rings. The Labute approximate surface area is 107 Å². The van der Waals surface area contributed by atoms with Crippen molar-refractivity contribution in [2.24, 2.45) is 5.41 Å². The zero-order valence-electron chi connectivity index (χ0n) is 11.3. The molecule has 0 bridgehead atoms. The average Bonchev–Trinajstić information content (AvgIpc) is 2.84. The van der Waals surface area contributed by atoms with Gasteiger partial charge in [0.1, 0.15) is 12.1 Å². The summed E-state index contributed by atoms with van der Waals surface area (Å²) < 4.78 is 1.89. The molecule has 0 amide bonds. The highest BCUT2D eigenvalue weighted by molar-refractivity contribution is 5.51. The smallest absolute Gasteiger partial charge is 0.157 e.